The topological polar surface area (TPSA) is 30.7 Å². The summed E-state index contributed by atoms with van der Waals surface area (Å²) < 4.78 is 2.22. The van der Waals surface area contributed by atoms with Crippen molar-refractivity contribution in [3.63, 3.8) is 0 Å². The second kappa shape index (κ2) is 6.56. The van der Waals surface area contributed by atoms with Crippen LogP contribution in [-0.4, -0.2) is 22.4 Å². The number of imidazole rings is 1. The second-order valence-corrected chi connectivity index (χ2v) is 7.37. The highest BCUT2D eigenvalue weighted by Crippen LogP contribution is 2.38. The van der Waals surface area contributed by atoms with Crippen molar-refractivity contribution in [2.45, 2.75) is 0 Å². The van der Waals surface area contributed by atoms with Gasteiger partial charge in [-0.05, 0) is 24.3 Å². The van der Waals surface area contributed by atoms with E-state index in [1.807, 2.05) is 54.7 Å². The van der Waals surface area contributed by atoms with Crippen LogP contribution in [-0.2, 0) is 0 Å². The Bertz CT molecular complexity index is 1530. The monoisotopic (exact) mass is 381 g/mol. The molecule has 0 aliphatic rings. The molecule has 0 aliphatic heterocycles. The Morgan fingerprint density at radius 3 is 2.07 bits per heavy atom. The molecular weight excluding hydrogens is 365 g/mol. The first-order valence-corrected chi connectivity index (χ1v) is 9.90. The van der Waals surface area contributed by atoms with Crippen molar-refractivity contribution in [2.24, 2.45) is 0 Å². The normalized spacial score (nSPS) is 11.5. The molecule has 0 fully saturated rings. The van der Waals surface area contributed by atoms with Crippen molar-refractivity contribution in [3.8, 4) is 17.1 Å². The van der Waals surface area contributed by atoms with Gasteiger partial charge in [-0.3, -0.25) is 9.55 Å². The van der Waals surface area contributed by atoms with Gasteiger partial charge in [0.05, 0.1) is 16.6 Å². The lowest BCUT2D eigenvalue weighted by Crippen LogP contribution is -2.04. The summed E-state index contributed by atoms with van der Waals surface area (Å²) in [5.41, 5.74) is 5.83. The molecule has 0 spiro atoms. The highest BCUT2D eigenvalue weighted by molar-refractivity contribution is 6.32. The molecule has 3 nitrogen and oxygen atoms in total. The number of benzene rings is 4. The molecule has 0 saturated heterocycles. The summed E-state index contributed by atoms with van der Waals surface area (Å²) in [6.07, 6.45) is 1.85. The van der Waals surface area contributed by atoms with E-state index >= 15 is 0 Å². The highest BCUT2D eigenvalue weighted by Gasteiger charge is 2.20. The molecule has 2 aromatic heterocycles. The van der Waals surface area contributed by atoms with Crippen LogP contribution in [0.15, 0.2) is 97.2 Å². The summed E-state index contributed by atoms with van der Waals surface area (Å²) in [4.78, 5) is 9.89. The molecule has 0 amide bonds. The minimum atomic E-state index is 0.737. The zero-order valence-corrected chi connectivity index (χ0v) is 16.2. The van der Waals surface area contributed by atoms with Crippen LogP contribution in [0.3, 0.4) is 0 Å². The van der Waals surface area contributed by atoms with E-state index in [-0.39, 0.29) is 0 Å². The minimum Gasteiger partial charge on any atom is -0.292 e. The molecule has 6 aromatic rings. The van der Waals surface area contributed by atoms with Crippen molar-refractivity contribution < 1.29 is 0 Å². The zero-order valence-electron chi connectivity index (χ0n) is 16.2. The average molecular weight is 381 g/mol. The first-order chi connectivity index (χ1) is 14.8. The average Bonchev–Trinajstić information content (AvgIpc) is 3.21. The van der Waals surface area contributed by atoms with Crippen LogP contribution >= 0.6 is 0 Å². The summed E-state index contributed by atoms with van der Waals surface area (Å²) in [6, 6.07) is 30.7. The van der Waals surface area contributed by atoms with Gasteiger partial charge in [0.1, 0.15) is 13.7 Å². The molecule has 0 unspecified atom stereocenters. The number of pyridine rings is 1. The third-order valence-corrected chi connectivity index (χ3v) is 5.56. The van der Waals surface area contributed by atoms with Gasteiger partial charge in [-0.2, -0.15) is 0 Å². The molecule has 2 radical (unpaired) electrons. The fourth-order valence-electron chi connectivity index (χ4n) is 4.22. The summed E-state index contributed by atoms with van der Waals surface area (Å²) in [6.45, 7) is 0. The van der Waals surface area contributed by atoms with E-state index in [0.29, 0.717) is 0 Å². The van der Waals surface area contributed by atoms with Gasteiger partial charge in [0.25, 0.3) is 0 Å². The standard InChI is InChI=1S/C26H16BN3/c27-18-12-14-19(15-13-18)30-25-22-11-6-16-28-23(22)20-9-4-5-10-21(20)24(25)29-26(30)17-7-2-1-3-8-17/h1-16H. The molecule has 4 heteroatoms. The maximum atomic E-state index is 5.97. The van der Waals surface area contributed by atoms with Crippen molar-refractivity contribution >= 4 is 46.0 Å². The SMILES string of the molecule is [B]c1ccc(-n2c(-c3ccccc3)nc3c4ccccc4c4ncccc4c32)cc1. The fourth-order valence-corrected chi connectivity index (χ4v) is 4.22. The molecular formula is C26H16BN3. The first kappa shape index (κ1) is 17.0. The molecule has 6 rings (SSSR count). The Hall–Kier alpha value is -3.92. The number of hydrogen-bond acceptors (Lipinski definition) is 2. The molecule has 0 bridgehead atoms. The Kier molecular flexibility index (Phi) is 3.72. The van der Waals surface area contributed by atoms with Gasteiger partial charge in [0.15, 0.2) is 0 Å². The Morgan fingerprint density at radius 1 is 0.633 bits per heavy atom. The van der Waals surface area contributed by atoms with Gasteiger partial charge in [-0.25, -0.2) is 4.98 Å². The molecule has 0 saturated carbocycles. The molecule has 4 aromatic carbocycles. The van der Waals surface area contributed by atoms with E-state index in [9.17, 15) is 0 Å². The zero-order chi connectivity index (χ0) is 20.1. The Labute approximate surface area is 175 Å². The van der Waals surface area contributed by atoms with Crippen LogP contribution < -0.4 is 5.46 Å². The molecule has 0 aliphatic carbocycles. The lowest BCUT2D eigenvalue weighted by molar-refractivity contribution is 1.11. The minimum absolute atomic E-state index is 0.737. The van der Waals surface area contributed by atoms with Gasteiger partial charge < -0.3 is 0 Å². The van der Waals surface area contributed by atoms with Gasteiger partial charge in [-0.1, -0.05) is 72.2 Å². The highest BCUT2D eigenvalue weighted by atomic mass is 15.1. The van der Waals surface area contributed by atoms with Crippen LogP contribution in [0.5, 0.6) is 0 Å². The van der Waals surface area contributed by atoms with Crippen LogP contribution in [0.25, 0.3) is 49.8 Å². The second-order valence-electron chi connectivity index (χ2n) is 7.37. The molecule has 0 N–H and O–H groups in total. The predicted octanol–water partition coefficient (Wildman–Crippen LogP) is 5.19. The van der Waals surface area contributed by atoms with E-state index < -0.39 is 0 Å². The van der Waals surface area contributed by atoms with Crippen molar-refractivity contribution in [1.29, 1.82) is 0 Å². The maximum Gasteiger partial charge on any atom is 0.145 e. The Balaban J connectivity index is 1.87. The quantitative estimate of drug-likeness (QED) is 0.305. The molecule has 138 valence electrons. The Morgan fingerprint density at radius 2 is 1.30 bits per heavy atom. The smallest absolute Gasteiger partial charge is 0.145 e. The number of fused-ring (bicyclic) bond motifs is 6. The van der Waals surface area contributed by atoms with Crippen LogP contribution in [0.2, 0.25) is 0 Å². The third-order valence-electron chi connectivity index (χ3n) is 5.56. The van der Waals surface area contributed by atoms with Gasteiger partial charge in [0.2, 0.25) is 0 Å². The maximum absolute atomic E-state index is 5.97. The van der Waals surface area contributed by atoms with Crippen LogP contribution in [0.1, 0.15) is 0 Å². The largest absolute Gasteiger partial charge is 0.292 e. The lowest BCUT2D eigenvalue weighted by atomic mass is 9.96. The van der Waals surface area contributed by atoms with E-state index in [4.69, 9.17) is 17.8 Å². The molecule has 0 atom stereocenters. The van der Waals surface area contributed by atoms with E-state index in [2.05, 4.69) is 47.0 Å². The van der Waals surface area contributed by atoms with E-state index in [1.165, 1.54) is 0 Å². The number of hydrogen-bond donors (Lipinski definition) is 0. The van der Waals surface area contributed by atoms with Crippen molar-refractivity contribution in [3.05, 3.63) is 97.2 Å². The third kappa shape index (κ3) is 2.47. The summed E-state index contributed by atoms with van der Waals surface area (Å²) in [5, 5.41) is 3.30. The van der Waals surface area contributed by atoms with Gasteiger partial charge in [0, 0.05) is 33.6 Å². The summed E-state index contributed by atoms with van der Waals surface area (Å²) in [7, 11) is 5.97. The van der Waals surface area contributed by atoms with Crippen LogP contribution in [0.4, 0.5) is 0 Å². The van der Waals surface area contributed by atoms with Crippen LogP contribution in [0, 0.1) is 0 Å². The van der Waals surface area contributed by atoms with Crippen molar-refractivity contribution in [1.82, 2.24) is 14.5 Å². The molecule has 30 heavy (non-hydrogen) atoms. The lowest BCUT2D eigenvalue weighted by Gasteiger charge is -2.12. The van der Waals surface area contributed by atoms with E-state index in [1.54, 1.807) is 0 Å². The summed E-state index contributed by atoms with van der Waals surface area (Å²) in [5.74, 6) is 0.900. The number of rotatable bonds is 2. The van der Waals surface area contributed by atoms with E-state index in [0.717, 1.165) is 55.2 Å². The fraction of sp³-hybridized carbons (Fsp3) is 0. The molecule has 2 heterocycles. The number of aromatic nitrogens is 3. The van der Waals surface area contributed by atoms with Gasteiger partial charge >= 0.3 is 0 Å². The number of nitrogens with zero attached hydrogens (tertiary/aromatic N) is 3. The first-order valence-electron chi connectivity index (χ1n) is 9.90. The predicted molar refractivity (Wildman–Crippen MR) is 125 cm³/mol. The summed E-state index contributed by atoms with van der Waals surface area (Å²) >= 11 is 0. The van der Waals surface area contributed by atoms with Gasteiger partial charge in [-0.15, -0.1) is 0 Å². The van der Waals surface area contributed by atoms with Crippen molar-refractivity contribution in [2.75, 3.05) is 0 Å².